The van der Waals surface area contributed by atoms with Crippen molar-refractivity contribution in [2.24, 2.45) is 5.73 Å². The van der Waals surface area contributed by atoms with Crippen LogP contribution in [0, 0.1) is 0 Å². The van der Waals surface area contributed by atoms with Crippen LogP contribution in [-0.2, 0) is 24.2 Å². The zero-order valence-electron chi connectivity index (χ0n) is 16.8. The number of para-hydroxylation sites is 1. The second-order valence-electron chi connectivity index (χ2n) is 7.42. The third-order valence-corrected chi connectivity index (χ3v) is 5.00. The predicted molar refractivity (Wildman–Crippen MR) is 118 cm³/mol. The van der Waals surface area contributed by atoms with Gasteiger partial charge in [0.15, 0.2) is 0 Å². The van der Waals surface area contributed by atoms with E-state index < -0.39 is 12.2 Å². The summed E-state index contributed by atoms with van der Waals surface area (Å²) in [6.45, 7) is 0.284. The number of rotatable bonds is 8. The standard InChI is InChI=1S/C25H23NO5/c26-23(27)13-16-4-3-6-18(10-16)21-12-17(11-20-8-9-30-25(20)21)15-31-22-7-2-1-5-19(22)14-24(28)29/h1-12,23,27H,13-15,26H2,(H,28,29)/t23-/m0/s1. The first-order valence-corrected chi connectivity index (χ1v) is 9.95. The minimum absolute atomic E-state index is 0.0953. The van der Waals surface area contributed by atoms with E-state index in [1.54, 1.807) is 24.5 Å². The Hall–Kier alpha value is -3.61. The first kappa shape index (κ1) is 20.7. The highest BCUT2D eigenvalue weighted by Crippen LogP contribution is 2.32. The number of benzene rings is 3. The second-order valence-corrected chi connectivity index (χ2v) is 7.42. The van der Waals surface area contributed by atoms with Crippen molar-refractivity contribution in [2.75, 3.05) is 0 Å². The van der Waals surface area contributed by atoms with E-state index in [0.717, 1.165) is 33.2 Å². The molecular weight excluding hydrogens is 394 g/mol. The van der Waals surface area contributed by atoms with Crippen LogP contribution in [0.1, 0.15) is 16.7 Å². The molecule has 0 amide bonds. The molecule has 0 radical (unpaired) electrons. The molecule has 1 heterocycles. The van der Waals surface area contributed by atoms with Gasteiger partial charge in [0.05, 0.1) is 12.7 Å². The number of carboxylic acids is 1. The Labute approximate surface area is 179 Å². The van der Waals surface area contributed by atoms with Gasteiger partial charge in [0, 0.05) is 22.9 Å². The largest absolute Gasteiger partial charge is 0.489 e. The molecule has 0 aliphatic rings. The molecule has 31 heavy (non-hydrogen) atoms. The number of aliphatic hydroxyl groups is 1. The smallest absolute Gasteiger partial charge is 0.307 e. The molecule has 0 unspecified atom stereocenters. The van der Waals surface area contributed by atoms with Gasteiger partial charge in [0.2, 0.25) is 0 Å². The Morgan fingerprint density at radius 2 is 1.87 bits per heavy atom. The minimum atomic E-state index is -0.913. The fourth-order valence-corrected chi connectivity index (χ4v) is 3.66. The van der Waals surface area contributed by atoms with Crippen LogP contribution in [0.3, 0.4) is 0 Å². The molecule has 4 rings (SSSR count). The molecule has 4 aromatic rings. The number of hydrogen-bond acceptors (Lipinski definition) is 5. The maximum absolute atomic E-state index is 11.1. The average Bonchev–Trinajstić information content (AvgIpc) is 3.20. The topological polar surface area (TPSA) is 106 Å². The van der Waals surface area contributed by atoms with Crippen LogP contribution in [0.25, 0.3) is 22.1 Å². The molecule has 1 aromatic heterocycles. The van der Waals surface area contributed by atoms with Gasteiger partial charge in [0.1, 0.15) is 24.2 Å². The van der Waals surface area contributed by atoms with E-state index in [9.17, 15) is 9.90 Å². The van der Waals surface area contributed by atoms with Crippen LogP contribution in [0.5, 0.6) is 5.75 Å². The van der Waals surface area contributed by atoms with Crippen molar-refractivity contribution in [1.29, 1.82) is 0 Å². The summed E-state index contributed by atoms with van der Waals surface area (Å²) in [4.78, 5) is 11.1. The van der Waals surface area contributed by atoms with Gasteiger partial charge >= 0.3 is 5.97 Å². The van der Waals surface area contributed by atoms with E-state index in [2.05, 4.69) is 0 Å². The Morgan fingerprint density at radius 1 is 1.03 bits per heavy atom. The van der Waals surface area contributed by atoms with Crippen molar-refractivity contribution < 1.29 is 24.2 Å². The number of furan rings is 1. The third-order valence-electron chi connectivity index (χ3n) is 5.00. The molecule has 6 heteroatoms. The zero-order chi connectivity index (χ0) is 21.8. The van der Waals surface area contributed by atoms with Crippen molar-refractivity contribution in [2.45, 2.75) is 25.7 Å². The summed E-state index contributed by atoms with van der Waals surface area (Å²) in [6.07, 6.45) is 0.999. The Morgan fingerprint density at radius 3 is 2.68 bits per heavy atom. The second kappa shape index (κ2) is 9.04. The SMILES string of the molecule is N[C@@H](O)Cc1cccc(-c2cc(COc3ccccc3CC(=O)O)cc3ccoc23)c1. The molecule has 0 saturated heterocycles. The lowest BCUT2D eigenvalue weighted by Crippen LogP contribution is -2.21. The summed E-state index contributed by atoms with van der Waals surface area (Å²) in [6, 6.07) is 20.9. The van der Waals surface area contributed by atoms with Crippen molar-refractivity contribution in [1.82, 2.24) is 0 Å². The number of aliphatic hydroxyl groups excluding tert-OH is 1. The first-order valence-electron chi connectivity index (χ1n) is 9.95. The lowest BCUT2D eigenvalue weighted by atomic mass is 9.98. The van der Waals surface area contributed by atoms with Gasteiger partial charge in [-0.1, -0.05) is 42.5 Å². The van der Waals surface area contributed by atoms with Crippen molar-refractivity contribution in [3.8, 4) is 16.9 Å². The number of ether oxygens (including phenoxy) is 1. The minimum Gasteiger partial charge on any atom is -0.489 e. The van der Waals surface area contributed by atoms with Gasteiger partial charge in [-0.2, -0.15) is 0 Å². The highest BCUT2D eigenvalue weighted by atomic mass is 16.5. The Kier molecular flexibility index (Phi) is 6.02. The van der Waals surface area contributed by atoms with Crippen LogP contribution in [0.15, 0.2) is 77.4 Å². The van der Waals surface area contributed by atoms with E-state index in [0.29, 0.717) is 17.7 Å². The van der Waals surface area contributed by atoms with Crippen LogP contribution in [0.4, 0.5) is 0 Å². The summed E-state index contributed by atoms with van der Waals surface area (Å²) < 4.78 is 11.7. The van der Waals surface area contributed by atoms with E-state index >= 15 is 0 Å². The summed E-state index contributed by atoms with van der Waals surface area (Å²) >= 11 is 0. The number of carbonyl (C=O) groups is 1. The predicted octanol–water partition coefficient (Wildman–Crippen LogP) is 4.13. The van der Waals surface area contributed by atoms with Crippen LogP contribution < -0.4 is 10.5 Å². The highest BCUT2D eigenvalue weighted by molar-refractivity contribution is 5.93. The quantitative estimate of drug-likeness (QED) is 0.372. The fourth-order valence-electron chi connectivity index (χ4n) is 3.66. The molecule has 0 saturated carbocycles. The number of nitrogens with two attached hydrogens (primary N) is 1. The molecule has 0 aliphatic heterocycles. The van der Waals surface area contributed by atoms with Crippen molar-refractivity contribution in [3.63, 3.8) is 0 Å². The van der Waals surface area contributed by atoms with Gasteiger partial charge in [0.25, 0.3) is 0 Å². The average molecular weight is 417 g/mol. The van der Waals surface area contributed by atoms with Crippen LogP contribution in [0.2, 0.25) is 0 Å². The van der Waals surface area contributed by atoms with E-state index in [1.807, 2.05) is 48.5 Å². The van der Waals surface area contributed by atoms with Crippen molar-refractivity contribution in [3.05, 3.63) is 89.7 Å². The molecule has 158 valence electrons. The summed E-state index contributed by atoms with van der Waals surface area (Å²) in [5, 5.41) is 19.6. The summed E-state index contributed by atoms with van der Waals surface area (Å²) in [5.41, 5.74) is 10.6. The van der Waals surface area contributed by atoms with E-state index in [4.69, 9.17) is 20.0 Å². The van der Waals surface area contributed by atoms with Gasteiger partial charge in [-0.15, -0.1) is 0 Å². The fraction of sp³-hybridized carbons (Fsp3) is 0.160. The molecule has 1 atom stereocenters. The molecular formula is C25H23NO5. The number of aliphatic carboxylic acids is 1. The maximum Gasteiger partial charge on any atom is 0.307 e. The lowest BCUT2D eigenvalue weighted by molar-refractivity contribution is -0.136. The van der Waals surface area contributed by atoms with E-state index in [-0.39, 0.29) is 13.0 Å². The molecule has 0 aliphatic carbocycles. The number of hydrogen-bond donors (Lipinski definition) is 3. The molecule has 0 spiro atoms. The molecule has 6 nitrogen and oxygen atoms in total. The van der Waals surface area contributed by atoms with Crippen molar-refractivity contribution >= 4 is 16.9 Å². The maximum atomic E-state index is 11.1. The number of fused-ring (bicyclic) bond motifs is 1. The highest BCUT2D eigenvalue weighted by Gasteiger charge is 2.13. The summed E-state index contributed by atoms with van der Waals surface area (Å²) in [5.74, 6) is -0.349. The lowest BCUT2D eigenvalue weighted by Gasteiger charge is -2.12. The van der Waals surface area contributed by atoms with Gasteiger partial charge < -0.3 is 25.1 Å². The Balaban J connectivity index is 1.65. The molecule has 4 N–H and O–H groups in total. The number of carboxylic acid groups (broad SMARTS) is 1. The summed E-state index contributed by atoms with van der Waals surface area (Å²) in [7, 11) is 0. The normalized spacial score (nSPS) is 12.1. The monoisotopic (exact) mass is 417 g/mol. The van der Waals surface area contributed by atoms with Gasteiger partial charge in [-0.05, 0) is 41.0 Å². The molecule has 0 fully saturated rings. The van der Waals surface area contributed by atoms with Crippen LogP contribution >= 0.6 is 0 Å². The van der Waals surface area contributed by atoms with Gasteiger partial charge in [-0.3, -0.25) is 4.79 Å². The van der Waals surface area contributed by atoms with Gasteiger partial charge in [-0.25, -0.2) is 0 Å². The molecule has 3 aromatic carbocycles. The van der Waals surface area contributed by atoms with Crippen LogP contribution in [-0.4, -0.2) is 22.4 Å². The molecule has 0 bridgehead atoms. The first-order chi connectivity index (χ1) is 15.0. The Bertz CT molecular complexity index is 1210. The van der Waals surface area contributed by atoms with E-state index in [1.165, 1.54) is 0 Å². The third kappa shape index (κ3) is 4.94. The zero-order valence-corrected chi connectivity index (χ0v) is 16.8.